The number of carbonyl (C=O) groups excluding carboxylic acids is 1. The van der Waals surface area contributed by atoms with Crippen molar-refractivity contribution in [2.45, 2.75) is 89.8 Å². The number of hydrogen-bond acceptors (Lipinski definition) is 7. The standard InChI is InChI=1S/C26H39NO5S/c1-2-26(12-5-13-26)24(30)9-4-8-21-20(18(17-27)16-22(21)29)7-3-6-19-10-11-23(33-19)25(31)32-15-14-28/h10-11,18,20-22,24,28-30H,2-9,12-16H2,1H3/t18-,20-,21+,22+,24?/m0/s1. The van der Waals surface area contributed by atoms with Crippen molar-refractivity contribution in [3.05, 3.63) is 21.9 Å². The van der Waals surface area contributed by atoms with Crippen LogP contribution in [0.1, 0.15) is 85.7 Å². The number of nitrogens with zero attached hydrogens (tertiary/aromatic N) is 1. The van der Waals surface area contributed by atoms with Gasteiger partial charge in [-0.25, -0.2) is 4.79 Å². The van der Waals surface area contributed by atoms with Crippen molar-refractivity contribution in [2.75, 3.05) is 13.2 Å². The highest BCUT2D eigenvalue weighted by Crippen LogP contribution is 2.48. The normalized spacial score (nSPS) is 27.0. The Morgan fingerprint density at radius 3 is 2.70 bits per heavy atom. The highest BCUT2D eigenvalue weighted by molar-refractivity contribution is 7.13. The number of rotatable bonds is 13. The maximum absolute atomic E-state index is 11.9. The van der Waals surface area contributed by atoms with Crippen molar-refractivity contribution in [3.8, 4) is 6.07 Å². The highest BCUT2D eigenvalue weighted by atomic mass is 32.1. The third-order valence-corrected chi connectivity index (χ3v) is 9.27. The molecule has 0 radical (unpaired) electrons. The molecule has 184 valence electrons. The minimum Gasteiger partial charge on any atom is -0.459 e. The lowest BCUT2D eigenvalue weighted by atomic mass is 9.62. The fourth-order valence-electron chi connectivity index (χ4n) is 5.91. The van der Waals surface area contributed by atoms with Crippen molar-refractivity contribution in [1.29, 1.82) is 5.26 Å². The van der Waals surface area contributed by atoms with Gasteiger partial charge in [-0.3, -0.25) is 0 Å². The Hall–Kier alpha value is -1.46. The first-order valence-corrected chi connectivity index (χ1v) is 13.4. The molecule has 5 atom stereocenters. The molecule has 0 bridgehead atoms. The molecule has 1 aromatic heterocycles. The molecule has 1 heterocycles. The smallest absolute Gasteiger partial charge is 0.348 e. The quantitative estimate of drug-likeness (QED) is 0.362. The molecule has 0 aromatic carbocycles. The predicted molar refractivity (Wildman–Crippen MR) is 128 cm³/mol. The lowest BCUT2D eigenvalue weighted by Gasteiger charge is -2.45. The Bertz CT molecular complexity index is 793. The number of aryl methyl sites for hydroxylation is 1. The summed E-state index contributed by atoms with van der Waals surface area (Å²) in [5.74, 6) is -0.221. The maximum atomic E-state index is 11.9. The first-order valence-electron chi connectivity index (χ1n) is 12.6. The second kappa shape index (κ2) is 12.3. The molecule has 0 saturated heterocycles. The summed E-state index contributed by atoms with van der Waals surface area (Å²) in [7, 11) is 0. The van der Waals surface area contributed by atoms with E-state index >= 15 is 0 Å². The summed E-state index contributed by atoms with van der Waals surface area (Å²) in [4.78, 5) is 13.5. The fourth-order valence-corrected chi connectivity index (χ4v) is 6.86. The molecule has 2 fully saturated rings. The SMILES string of the molecule is CCC1(C(O)CCC[C@@H]2[C@@H](CCCc3ccc(C(=O)OCCO)s3)[C@H](C#N)C[C@H]2O)CCC1. The summed E-state index contributed by atoms with van der Waals surface area (Å²) >= 11 is 1.41. The Morgan fingerprint density at radius 1 is 1.30 bits per heavy atom. The number of aliphatic hydroxyl groups excluding tert-OH is 3. The van der Waals surface area contributed by atoms with Gasteiger partial charge in [-0.2, -0.15) is 5.26 Å². The largest absolute Gasteiger partial charge is 0.459 e. The Balaban J connectivity index is 1.48. The van der Waals surface area contributed by atoms with Crippen molar-refractivity contribution < 1.29 is 24.9 Å². The van der Waals surface area contributed by atoms with E-state index < -0.39 is 12.1 Å². The van der Waals surface area contributed by atoms with Crippen LogP contribution in [0.2, 0.25) is 0 Å². The summed E-state index contributed by atoms with van der Waals surface area (Å²) in [5, 5.41) is 39.8. The zero-order valence-corrected chi connectivity index (χ0v) is 20.6. The fraction of sp³-hybridized carbons (Fsp3) is 0.769. The minimum atomic E-state index is -0.435. The first kappa shape index (κ1) is 26.2. The summed E-state index contributed by atoms with van der Waals surface area (Å²) in [6, 6.07) is 6.12. The third-order valence-electron chi connectivity index (χ3n) is 8.15. The lowest BCUT2D eigenvalue weighted by Crippen LogP contribution is -2.40. The Kier molecular flexibility index (Phi) is 9.75. The zero-order chi connectivity index (χ0) is 23.8. The first-order chi connectivity index (χ1) is 15.9. The van der Waals surface area contributed by atoms with Gasteiger partial charge in [-0.1, -0.05) is 19.8 Å². The average Bonchev–Trinajstić information content (AvgIpc) is 3.37. The molecule has 3 N–H and O–H groups in total. The van der Waals surface area contributed by atoms with E-state index in [4.69, 9.17) is 9.84 Å². The third kappa shape index (κ3) is 6.36. The van der Waals surface area contributed by atoms with E-state index in [-0.39, 0.29) is 42.5 Å². The van der Waals surface area contributed by atoms with E-state index in [1.165, 1.54) is 17.8 Å². The van der Waals surface area contributed by atoms with Gasteiger partial charge in [-0.05, 0) is 87.2 Å². The molecule has 0 aliphatic heterocycles. The van der Waals surface area contributed by atoms with E-state index in [2.05, 4.69) is 13.0 Å². The summed E-state index contributed by atoms with van der Waals surface area (Å²) in [5.41, 5.74) is 0.118. The lowest BCUT2D eigenvalue weighted by molar-refractivity contribution is -0.0444. The second-order valence-electron chi connectivity index (χ2n) is 9.90. The number of nitriles is 1. The molecule has 3 rings (SSSR count). The molecule has 0 spiro atoms. The zero-order valence-electron chi connectivity index (χ0n) is 19.7. The molecular weight excluding hydrogens is 438 g/mol. The minimum absolute atomic E-state index is 0.00344. The van der Waals surface area contributed by atoms with Crippen LogP contribution in [0.3, 0.4) is 0 Å². The highest BCUT2D eigenvalue weighted by Gasteiger charge is 2.43. The molecule has 1 unspecified atom stereocenters. The number of esters is 1. The second-order valence-corrected chi connectivity index (χ2v) is 11.1. The van der Waals surface area contributed by atoms with Crippen molar-refractivity contribution in [2.24, 2.45) is 23.2 Å². The average molecular weight is 478 g/mol. The van der Waals surface area contributed by atoms with Crippen LogP contribution in [0, 0.1) is 34.5 Å². The van der Waals surface area contributed by atoms with Gasteiger partial charge in [-0.15, -0.1) is 11.3 Å². The van der Waals surface area contributed by atoms with Gasteiger partial charge >= 0.3 is 5.97 Å². The van der Waals surface area contributed by atoms with Crippen LogP contribution in [0.4, 0.5) is 0 Å². The number of aliphatic hydroxyl groups is 3. The van der Waals surface area contributed by atoms with Crippen LogP contribution in [-0.4, -0.2) is 46.7 Å². The van der Waals surface area contributed by atoms with Gasteiger partial charge < -0.3 is 20.1 Å². The van der Waals surface area contributed by atoms with Crippen LogP contribution in [0.5, 0.6) is 0 Å². The van der Waals surface area contributed by atoms with Crippen LogP contribution < -0.4 is 0 Å². The number of carbonyl (C=O) groups is 1. The summed E-state index contributed by atoms with van der Waals surface area (Å²) in [6.07, 6.45) is 9.50. The number of ether oxygens (including phenoxy) is 1. The predicted octanol–water partition coefficient (Wildman–Crippen LogP) is 4.47. The van der Waals surface area contributed by atoms with Crippen LogP contribution in [0.15, 0.2) is 12.1 Å². The van der Waals surface area contributed by atoms with Gasteiger partial charge in [0.25, 0.3) is 0 Å². The van der Waals surface area contributed by atoms with Gasteiger partial charge in [0.2, 0.25) is 0 Å². The molecule has 2 aliphatic carbocycles. The number of hydrogen-bond donors (Lipinski definition) is 3. The van der Waals surface area contributed by atoms with Crippen molar-refractivity contribution in [3.63, 3.8) is 0 Å². The van der Waals surface area contributed by atoms with Crippen LogP contribution in [0.25, 0.3) is 0 Å². The topological polar surface area (TPSA) is 111 Å². The van der Waals surface area contributed by atoms with Gasteiger partial charge in [0, 0.05) is 4.88 Å². The molecule has 2 saturated carbocycles. The van der Waals surface area contributed by atoms with E-state index in [0.717, 1.165) is 62.7 Å². The summed E-state index contributed by atoms with van der Waals surface area (Å²) in [6.45, 7) is 1.99. The van der Waals surface area contributed by atoms with E-state index in [1.54, 1.807) is 6.07 Å². The van der Waals surface area contributed by atoms with E-state index in [0.29, 0.717) is 11.3 Å². The van der Waals surface area contributed by atoms with Crippen LogP contribution >= 0.6 is 11.3 Å². The number of thiophene rings is 1. The van der Waals surface area contributed by atoms with Crippen LogP contribution in [-0.2, 0) is 11.2 Å². The van der Waals surface area contributed by atoms with E-state index in [1.807, 2.05) is 6.07 Å². The monoisotopic (exact) mass is 477 g/mol. The molecule has 6 nitrogen and oxygen atoms in total. The van der Waals surface area contributed by atoms with Gasteiger partial charge in [0.05, 0.1) is 30.8 Å². The maximum Gasteiger partial charge on any atom is 0.348 e. The Morgan fingerprint density at radius 2 is 2.06 bits per heavy atom. The summed E-state index contributed by atoms with van der Waals surface area (Å²) < 4.78 is 4.96. The molecular formula is C26H39NO5S. The van der Waals surface area contributed by atoms with Gasteiger partial charge in [0.1, 0.15) is 11.5 Å². The molecule has 0 amide bonds. The van der Waals surface area contributed by atoms with Crippen molar-refractivity contribution >= 4 is 17.3 Å². The van der Waals surface area contributed by atoms with E-state index in [9.17, 15) is 20.3 Å². The molecule has 7 heteroatoms. The molecule has 1 aromatic rings. The molecule has 33 heavy (non-hydrogen) atoms. The van der Waals surface area contributed by atoms with Gasteiger partial charge in [0.15, 0.2) is 0 Å². The molecule has 2 aliphatic rings. The Labute approximate surface area is 201 Å². The van der Waals surface area contributed by atoms with Crippen molar-refractivity contribution in [1.82, 2.24) is 0 Å².